The van der Waals surface area contributed by atoms with Crippen molar-refractivity contribution >= 4 is 5.91 Å². The SMILES string of the molecule is COc1ncccc1CNC(=O)c1cccc(Oc2ccccc2)c1. The van der Waals surface area contributed by atoms with Gasteiger partial charge in [-0.05, 0) is 36.4 Å². The number of methoxy groups -OCH3 is 1. The van der Waals surface area contributed by atoms with Crippen LogP contribution in [0.5, 0.6) is 17.4 Å². The van der Waals surface area contributed by atoms with E-state index in [4.69, 9.17) is 9.47 Å². The normalized spacial score (nSPS) is 10.1. The molecule has 0 aliphatic rings. The van der Waals surface area contributed by atoms with Crippen LogP contribution in [0.25, 0.3) is 0 Å². The van der Waals surface area contributed by atoms with Crippen LogP contribution in [-0.4, -0.2) is 18.0 Å². The van der Waals surface area contributed by atoms with Gasteiger partial charge in [-0.1, -0.05) is 30.3 Å². The maximum atomic E-state index is 12.4. The van der Waals surface area contributed by atoms with Crippen LogP contribution in [0.4, 0.5) is 0 Å². The number of nitrogens with one attached hydrogen (secondary N) is 1. The minimum Gasteiger partial charge on any atom is -0.481 e. The highest BCUT2D eigenvalue weighted by atomic mass is 16.5. The van der Waals surface area contributed by atoms with Gasteiger partial charge in [-0.25, -0.2) is 4.98 Å². The summed E-state index contributed by atoms with van der Waals surface area (Å²) in [7, 11) is 1.55. The standard InChI is InChI=1S/C20H18N2O3/c1-24-20-16(8-6-12-21-20)14-22-19(23)15-7-5-11-18(13-15)25-17-9-3-2-4-10-17/h2-13H,14H2,1H3,(H,22,23). The molecule has 0 radical (unpaired) electrons. The fraction of sp³-hybridized carbons (Fsp3) is 0.100. The van der Waals surface area contributed by atoms with Gasteiger partial charge < -0.3 is 14.8 Å². The van der Waals surface area contributed by atoms with Crippen molar-refractivity contribution in [2.24, 2.45) is 0 Å². The first-order valence-corrected chi connectivity index (χ1v) is 7.85. The van der Waals surface area contributed by atoms with Gasteiger partial charge in [0.1, 0.15) is 11.5 Å². The topological polar surface area (TPSA) is 60.5 Å². The number of carbonyl (C=O) groups is 1. The second-order valence-corrected chi connectivity index (χ2v) is 5.30. The summed E-state index contributed by atoms with van der Waals surface area (Å²) in [5.41, 5.74) is 1.34. The van der Waals surface area contributed by atoms with E-state index in [-0.39, 0.29) is 5.91 Å². The third kappa shape index (κ3) is 4.35. The number of nitrogens with zero attached hydrogens (tertiary/aromatic N) is 1. The highest BCUT2D eigenvalue weighted by Gasteiger charge is 2.09. The molecule has 1 N–H and O–H groups in total. The first kappa shape index (κ1) is 16.5. The maximum Gasteiger partial charge on any atom is 0.251 e. The third-order valence-electron chi connectivity index (χ3n) is 3.56. The molecule has 0 spiro atoms. The van der Waals surface area contributed by atoms with Crippen LogP contribution in [0.1, 0.15) is 15.9 Å². The minimum absolute atomic E-state index is 0.190. The minimum atomic E-state index is -0.190. The lowest BCUT2D eigenvalue weighted by molar-refractivity contribution is 0.0950. The molecule has 2 aromatic carbocycles. The number of hydrogen-bond donors (Lipinski definition) is 1. The van der Waals surface area contributed by atoms with Gasteiger partial charge >= 0.3 is 0 Å². The van der Waals surface area contributed by atoms with Gasteiger partial charge in [-0.2, -0.15) is 0 Å². The van der Waals surface area contributed by atoms with Crippen molar-refractivity contribution in [3.8, 4) is 17.4 Å². The monoisotopic (exact) mass is 334 g/mol. The van der Waals surface area contributed by atoms with E-state index < -0.39 is 0 Å². The van der Waals surface area contributed by atoms with E-state index in [2.05, 4.69) is 10.3 Å². The van der Waals surface area contributed by atoms with E-state index in [0.717, 1.165) is 11.3 Å². The summed E-state index contributed by atoms with van der Waals surface area (Å²) in [6.45, 7) is 0.333. The lowest BCUT2D eigenvalue weighted by Gasteiger charge is -2.10. The van der Waals surface area contributed by atoms with E-state index in [1.54, 1.807) is 37.6 Å². The number of para-hydroxylation sites is 1. The summed E-state index contributed by atoms with van der Waals surface area (Å²) in [5, 5.41) is 2.87. The molecule has 25 heavy (non-hydrogen) atoms. The van der Waals surface area contributed by atoms with Crippen molar-refractivity contribution in [3.05, 3.63) is 84.1 Å². The van der Waals surface area contributed by atoms with E-state index >= 15 is 0 Å². The molecule has 5 nitrogen and oxygen atoms in total. The van der Waals surface area contributed by atoms with Crippen molar-refractivity contribution in [1.82, 2.24) is 10.3 Å². The summed E-state index contributed by atoms with van der Waals surface area (Å²) in [4.78, 5) is 16.5. The molecule has 0 fully saturated rings. The molecule has 0 saturated carbocycles. The Morgan fingerprint density at radius 1 is 1.00 bits per heavy atom. The lowest BCUT2D eigenvalue weighted by atomic mass is 10.2. The van der Waals surface area contributed by atoms with Crippen LogP contribution in [0.3, 0.4) is 0 Å². The summed E-state index contributed by atoms with van der Waals surface area (Å²) in [6, 6.07) is 20.2. The predicted octanol–water partition coefficient (Wildman–Crippen LogP) is 3.81. The molecule has 0 bridgehead atoms. The van der Waals surface area contributed by atoms with E-state index in [9.17, 15) is 4.79 Å². The number of benzene rings is 2. The number of carbonyl (C=O) groups excluding carboxylic acids is 1. The molecule has 0 aliphatic carbocycles. The van der Waals surface area contributed by atoms with E-state index in [1.165, 1.54) is 0 Å². The molecule has 0 aliphatic heterocycles. The second-order valence-electron chi connectivity index (χ2n) is 5.30. The summed E-state index contributed by atoms with van der Waals surface area (Å²) in [5.74, 6) is 1.64. The summed E-state index contributed by atoms with van der Waals surface area (Å²) >= 11 is 0. The zero-order valence-electron chi connectivity index (χ0n) is 13.8. The van der Waals surface area contributed by atoms with Crippen LogP contribution in [0, 0.1) is 0 Å². The first-order chi connectivity index (χ1) is 12.3. The molecule has 0 unspecified atom stereocenters. The highest BCUT2D eigenvalue weighted by Crippen LogP contribution is 2.22. The molecule has 0 atom stereocenters. The Morgan fingerprint density at radius 3 is 2.60 bits per heavy atom. The molecule has 5 heteroatoms. The molecule has 3 rings (SSSR count). The van der Waals surface area contributed by atoms with Crippen molar-refractivity contribution in [3.63, 3.8) is 0 Å². The molecule has 0 saturated heterocycles. The molecular formula is C20H18N2O3. The van der Waals surface area contributed by atoms with Crippen LogP contribution in [0.2, 0.25) is 0 Å². The number of rotatable bonds is 6. The fourth-order valence-electron chi connectivity index (χ4n) is 2.35. The Hall–Kier alpha value is -3.34. The average molecular weight is 334 g/mol. The zero-order valence-corrected chi connectivity index (χ0v) is 13.8. The van der Waals surface area contributed by atoms with Gasteiger partial charge in [0.2, 0.25) is 5.88 Å². The smallest absolute Gasteiger partial charge is 0.251 e. The molecular weight excluding hydrogens is 316 g/mol. The predicted molar refractivity (Wildman–Crippen MR) is 94.9 cm³/mol. The molecule has 3 aromatic rings. The van der Waals surface area contributed by atoms with Crippen LogP contribution < -0.4 is 14.8 Å². The van der Waals surface area contributed by atoms with Gasteiger partial charge in [-0.15, -0.1) is 0 Å². The van der Waals surface area contributed by atoms with Crippen LogP contribution in [0.15, 0.2) is 72.9 Å². The fourth-order valence-corrected chi connectivity index (χ4v) is 2.35. The Labute approximate surface area is 146 Å². The van der Waals surface area contributed by atoms with Crippen molar-refractivity contribution in [2.45, 2.75) is 6.54 Å². The quantitative estimate of drug-likeness (QED) is 0.744. The number of aromatic nitrogens is 1. The molecule has 1 heterocycles. The Kier molecular flexibility index (Phi) is 5.26. The summed E-state index contributed by atoms with van der Waals surface area (Å²) < 4.78 is 10.9. The van der Waals surface area contributed by atoms with Crippen LogP contribution in [-0.2, 0) is 6.54 Å². The first-order valence-electron chi connectivity index (χ1n) is 7.85. The van der Waals surface area contributed by atoms with Gasteiger partial charge in [0, 0.05) is 23.9 Å². The van der Waals surface area contributed by atoms with Crippen LogP contribution >= 0.6 is 0 Å². The lowest BCUT2D eigenvalue weighted by Crippen LogP contribution is -2.23. The molecule has 1 amide bonds. The maximum absolute atomic E-state index is 12.4. The van der Waals surface area contributed by atoms with Crippen molar-refractivity contribution < 1.29 is 14.3 Å². The van der Waals surface area contributed by atoms with E-state index in [1.807, 2.05) is 42.5 Å². The van der Waals surface area contributed by atoms with Gasteiger partial charge in [-0.3, -0.25) is 4.79 Å². The molecule has 1 aromatic heterocycles. The van der Waals surface area contributed by atoms with Crippen molar-refractivity contribution in [1.29, 1.82) is 0 Å². The second kappa shape index (κ2) is 7.97. The van der Waals surface area contributed by atoms with Crippen molar-refractivity contribution in [2.75, 3.05) is 7.11 Å². The summed E-state index contributed by atoms with van der Waals surface area (Å²) in [6.07, 6.45) is 1.65. The Balaban J connectivity index is 1.67. The third-order valence-corrected chi connectivity index (χ3v) is 3.56. The Morgan fingerprint density at radius 2 is 1.80 bits per heavy atom. The largest absolute Gasteiger partial charge is 0.481 e. The Bertz CT molecular complexity index is 850. The van der Waals surface area contributed by atoms with Gasteiger partial charge in [0.25, 0.3) is 5.91 Å². The number of ether oxygens (including phenoxy) is 2. The van der Waals surface area contributed by atoms with Gasteiger partial charge in [0.05, 0.1) is 7.11 Å². The number of pyridine rings is 1. The zero-order chi connectivity index (χ0) is 17.5. The van der Waals surface area contributed by atoms with Gasteiger partial charge in [0.15, 0.2) is 0 Å². The average Bonchev–Trinajstić information content (AvgIpc) is 2.67. The number of amides is 1. The number of hydrogen-bond acceptors (Lipinski definition) is 4. The highest BCUT2D eigenvalue weighted by molar-refractivity contribution is 5.94. The van der Waals surface area contributed by atoms with E-state index in [0.29, 0.717) is 23.7 Å². The molecule has 126 valence electrons.